The van der Waals surface area contributed by atoms with Crippen molar-refractivity contribution < 1.29 is 31.8 Å². The Morgan fingerprint density at radius 2 is 1.62 bits per heavy atom. The van der Waals surface area contributed by atoms with Gasteiger partial charge in [-0.05, 0) is 24.3 Å². The molecule has 0 aromatic heterocycles. The SMILES string of the molecule is CS(=O)(=O)CCS(=O)(=O)N(CC(=O)O)c1ccc(O)cc1. The van der Waals surface area contributed by atoms with Gasteiger partial charge in [-0.2, -0.15) is 0 Å². The van der Waals surface area contributed by atoms with Gasteiger partial charge in [0.15, 0.2) is 0 Å². The third-order valence-electron chi connectivity index (χ3n) is 2.46. The van der Waals surface area contributed by atoms with Crippen LogP contribution in [0.15, 0.2) is 24.3 Å². The number of nitrogens with zero attached hydrogens (tertiary/aromatic N) is 1. The Morgan fingerprint density at radius 1 is 1.10 bits per heavy atom. The lowest BCUT2D eigenvalue weighted by Crippen LogP contribution is -2.38. The molecule has 0 saturated heterocycles. The van der Waals surface area contributed by atoms with Gasteiger partial charge in [-0.25, -0.2) is 16.8 Å². The van der Waals surface area contributed by atoms with Crippen LogP contribution in [0.25, 0.3) is 0 Å². The molecule has 118 valence electrons. The molecule has 0 radical (unpaired) electrons. The molecular weight excluding hydrogens is 322 g/mol. The molecule has 0 bridgehead atoms. The molecule has 0 unspecified atom stereocenters. The highest BCUT2D eigenvalue weighted by Crippen LogP contribution is 2.21. The highest BCUT2D eigenvalue weighted by atomic mass is 32.2. The molecule has 1 rings (SSSR count). The topological polar surface area (TPSA) is 129 Å². The number of hydrogen-bond acceptors (Lipinski definition) is 6. The summed E-state index contributed by atoms with van der Waals surface area (Å²) >= 11 is 0. The molecule has 8 nitrogen and oxygen atoms in total. The summed E-state index contributed by atoms with van der Waals surface area (Å²) in [7, 11) is -7.63. The molecule has 0 amide bonds. The maximum atomic E-state index is 12.1. The second kappa shape index (κ2) is 6.31. The first-order chi connectivity index (χ1) is 9.51. The number of sulfone groups is 1. The predicted octanol–water partition coefficient (Wildman–Crippen LogP) is -0.342. The summed E-state index contributed by atoms with van der Waals surface area (Å²) in [5.41, 5.74) is 0.0312. The number of phenolic OH excluding ortho intramolecular Hbond substituents is 1. The van der Waals surface area contributed by atoms with E-state index in [0.717, 1.165) is 6.26 Å². The van der Waals surface area contributed by atoms with Gasteiger partial charge >= 0.3 is 5.97 Å². The Bertz CT molecular complexity index is 707. The molecule has 0 aliphatic rings. The number of benzene rings is 1. The Hall–Kier alpha value is -1.81. The van der Waals surface area contributed by atoms with Gasteiger partial charge in [0.05, 0.1) is 17.2 Å². The highest BCUT2D eigenvalue weighted by Gasteiger charge is 2.26. The summed E-state index contributed by atoms with van der Waals surface area (Å²) in [4.78, 5) is 10.8. The minimum Gasteiger partial charge on any atom is -0.508 e. The molecule has 0 atom stereocenters. The number of carbonyl (C=O) groups is 1. The molecule has 0 spiro atoms. The van der Waals surface area contributed by atoms with Crippen LogP contribution < -0.4 is 4.31 Å². The van der Waals surface area contributed by atoms with Crippen molar-refractivity contribution in [2.45, 2.75) is 0 Å². The molecule has 0 aliphatic heterocycles. The van der Waals surface area contributed by atoms with Crippen LogP contribution in [0.3, 0.4) is 0 Å². The molecule has 0 aliphatic carbocycles. The van der Waals surface area contributed by atoms with E-state index in [1.54, 1.807) is 0 Å². The number of rotatable bonds is 7. The lowest BCUT2D eigenvalue weighted by Gasteiger charge is -2.22. The average molecular weight is 337 g/mol. The fraction of sp³-hybridized carbons (Fsp3) is 0.364. The Balaban J connectivity index is 3.12. The molecule has 0 fully saturated rings. The fourth-order valence-corrected chi connectivity index (χ4v) is 4.48. The van der Waals surface area contributed by atoms with Crippen molar-refractivity contribution in [1.82, 2.24) is 0 Å². The quantitative estimate of drug-likeness (QED) is 0.696. The zero-order valence-corrected chi connectivity index (χ0v) is 12.8. The van der Waals surface area contributed by atoms with Gasteiger partial charge in [-0.15, -0.1) is 0 Å². The predicted molar refractivity (Wildman–Crippen MR) is 76.6 cm³/mol. The van der Waals surface area contributed by atoms with Crippen molar-refractivity contribution in [1.29, 1.82) is 0 Å². The maximum Gasteiger partial charge on any atom is 0.324 e. The third kappa shape index (κ3) is 5.60. The number of carboxylic acids is 1. The van der Waals surface area contributed by atoms with Gasteiger partial charge in [0, 0.05) is 6.26 Å². The van der Waals surface area contributed by atoms with Crippen molar-refractivity contribution in [2.75, 3.05) is 28.6 Å². The maximum absolute atomic E-state index is 12.1. The van der Waals surface area contributed by atoms with E-state index in [9.17, 15) is 21.6 Å². The lowest BCUT2D eigenvalue weighted by atomic mass is 10.3. The van der Waals surface area contributed by atoms with Crippen molar-refractivity contribution in [3.63, 3.8) is 0 Å². The van der Waals surface area contributed by atoms with Crippen molar-refractivity contribution >= 4 is 31.5 Å². The lowest BCUT2D eigenvalue weighted by molar-refractivity contribution is -0.135. The number of anilines is 1. The number of aromatic hydroxyl groups is 1. The molecule has 21 heavy (non-hydrogen) atoms. The van der Waals surface area contributed by atoms with E-state index in [-0.39, 0.29) is 11.4 Å². The van der Waals surface area contributed by atoms with Gasteiger partial charge in [-0.3, -0.25) is 9.10 Å². The third-order valence-corrected chi connectivity index (χ3v) is 5.40. The first-order valence-electron chi connectivity index (χ1n) is 5.70. The van der Waals surface area contributed by atoms with Crippen LogP contribution in [0.4, 0.5) is 5.69 Å². The molecular formula is C11H15NO7S2. The van der Waals surface area contributed by atoms with Crippen LogP contribution in [-0.2, 0) is 24.7 Å². The molecule has 1 aromatic carbocycles. The van der Waals surface area contributed by atoms with Crippen LogP contribution in [0.2, 0.25) is 0 Å². The monoisotopic (exact) mass is 337 g/mol. The number of hydrogen-bond donors (Lipinski definition) is 2. The Labute approximate surface area is 122 Å². The minimum absolute atomic E-state index is 0.0312. The van der Waals surface area contributed by atoms with Crippen LogP contribution >= 0.6 is 0 Å². The molecule has 2 N–H and O–H groups in total. The smallest absolute Gasteiger partial charge is 0.324 e. The first-order valence-corrected chi connectivity index (χ1v) is 9.37. The largest absolute Gasteiger partial charge is 0.508 e. The van der Waals surface area contributed by atoms with Crippen molar-refractivity contribution in [3.8, 4) is 5.75 Å². The van der Waals surface area contributed by atoms with Gasteiger partial charge in [0.2, 0.25) is 10.0 Å². The van der Waals surface area contributed by atoms with E-state index in [0.29, 0.717) is 4.31 Å². The Kier molecular flexibility index (Phi) is 5.18. The van der Waals surface area contributed by atoms with E-state index in [4.69, 9.17) is 10.2 Å². The number of carboxylic acid groups (broad SMARTS) is 1. The molecule has 10 heteroatoms. The van der Waals surface area contributed by atoms with Gasteiger partial charge in [-0.1, -0.05) is 0 Å². The fourth-order valence-electron chi connectivity index (χ4n) is 1.46. The van der Waals surface area contributed by atoms with Crippen molar-refractivity contribution in [2.24, 2.45) is 0 Å². The van der Waals surface area contributed by atoms with Crippen LogP contribution in [-0.4, -0.2) is 57.3 Å². The van der Waals surface area contributed by atoms with Gasteiger partial charge in [0.25, 0.3) is 0 Å². The van der Waals surface area contributed by atoms with E-state index >= 15 is 0 Å². The van der Waals surface area contributed by atoms with Gasteiger partial charge < -0.3 is 10.2 Å². The Morgan fingerprint density at radius 3 is 2.05 bits per heavy atom. The minimum atomic E-state index is -4.12. The molecule has 1 aromatic rings. The number of sulfonamides is 1. The summed E-state index contributed by atoms with van der Waals surface area (Å²) < 4.78 is 47.0. The van der Waals surface area contributed by atoms with E-state index in [2.05, 4.69) is 0 Å². The summed E-state index contributed by atoms with van der Waals surface area (Å²) in [5.74, 6) is -2.82. The number of aliphatic carboxylic acids is 1. The standard InChI is InChI=1S/C11H15NO7S2/c1-20(16,17)6-7-21(18,19)12(8-11(14)15)9-2-4-10(13)5-3-9/h2-5,13H,6-8H2,1H3,(H,14,15). The van der Waals surface area contributed by atoms with E-state index in [1.807, 2.05) is 0 Å². The highest BCUT2D eigenvalue weighted by molar-refractivity contribution is 7.95. The zero-order valence-electron chi connectivity index (χ0n) is 11.1. The van der Waals surface area contributed by atoms with Gasteiger partial charge in [0.1, 0.15) is 22.1 Å². The normalized spacial score (nSPS) is 12.0. The van der Waals surface area contributed by atoms with Crippen LogP contribution in [0, 0.1) is 0 Å². The summed E-state index contributed by atoms with van der Waals surface area (Å²) in [6.45, 7) is -0.836. The summed E-state index contributed by atoms with van der Waals surface area (Å²) in [6, 6.07) is 4.87. The number of phenols is 1. The summed E-state index contributed by atoms with van der Waals surface area (Å²) in [5, 5.41) is 18.0. The second-order valence-electron chi connectivity index (χ2n) is 4.36. The second-order valence-corrected chi connectivity index (χ2v) is 8.64. The average Bonchev–Trinajstić information content (AvgIpc) is 2.34. The zero-order chi connectivity index (χ0) is 16.3. The van der Waals surface area contributed by atoms with Crippen LogP contribution in [0.5, 0.6) is 5.75 Å². The van der Waals surface area contributed by atoms with Crippen LogP contribution in [0.1, 0.15) is 0 Å². The summed E-state index contributed by atoms with van der Waals surface area (Å²) in [6.07, 6.45) is 0.893. The van der Waals surface area contributed by atoms with E-state index in [1.165, 1.54) is 24.3 Å². The molecule has 0 heterocycles. The van der Waals surface area contributed by atoms with E-state index < -0.39 is 43.9 Å². The van der Waals surface area contributed by atoms with Crippen molar-refractivity contribution in [3.05, 3.63) is 24.3 Å². The molecule has 0 saturated carbocycles. The first kappa shape index (κ1) is 17.2.